The second-order valence-electron chi connectivity index (χ2n) is 7.24. The third kappa shape index (κ3) is 2.92. The molecule has 136 valence electrons. The fraction of sp³-hybridized carbons (Fsp3) is 0.286. The Morgan fingerprint density at radius 3 is 2.81 bits per heavy atom. The first-order valence-corrected chi connectivity index (χ1v) is 9.41. The second kappa shape index (κ2) is 6.63. The first kappa shape index (κ1) is 16.2. The Kier molecular flexibility index (Phi) is 3.98. The molecule has 5 rings (SSSR count). The van der Waals surface area contributed by atoms with Crippen molar-refractivity contribution in [1.29, 1.82) is 0 Å². The maximum absolute atomic E-state index is 10.7. The Morgan fingerprint density at radius 1 is 1.11 bits per heavy atom. The van der Waals surface area contributed by atoms with Crippen LogP contribution in [0.5, 0.6) is 0 Å². The van der Waals surface area contributed by atoms with Crippen LogP contribution in [0.1, 0.15) is 37.4 Å². The van der Waals surface area contributed by atoms with Gasteiger partial charge >= 0.3 is 0 Å². The van der Waals surface area contributed by atoms with Crippen molar-refractivity contribution in [3.05, 3.63) is 60.7 Å². The summed E-state index contributed by atoms with van der Waals surface area (Å²) < 4.78 is 2.06. The number of nitrogens with zero attached hydrogens (tertiary/aromatic N) is 4. The molecule has 0 aliphatic heterocycles. The van der Waals surface area contributed by atoms with E-state index < -0.39 is 6.10 Å². The molecule has 6 nitrogen and oxygen atoms in total. The van der Waals surface area contributed by atoms with Crippen LogP contribution in [0, 0.1) is 5.92 Å². The van der Waals surface area contributed by atoms with Crippen molar-refractivity contribution in [2.24, 2.45) is 5.92 Å². The van der Waals surface area contributed by atoms with E-state index in [1.54, 1.807) is 0 Å². The van der Waals surface area contributed by atoms with Crippen LogP contribution < -0.4 is 0 Å². The van der Waals surface area contributed by atoms with Crippen molar-refractivity contribution >= 4 is 11.0 Å². The molecule has 1 aliphatic rings. The fourth-order valence-electron chi connectivity index (χ4n) is 4.10. The average molecular weight is 359 g/mol. The van der Waals surface area contributed by atoms with E-state index in [0.717, 1.165) is 46.5 Å². The van der Waals surface area contributed by atoms with Gasteiger partial charge in [0.2, 0.25) is 0 Å². The quantitative estimate of drug-likeness (QED) is 0.576. The molecule has 0 saturated heterocycles. The van der Waals surface area contributed by atoms with E-state index in [9.17, 15) is 5.11 Å². The number of aliphatic hydroxyl groups is 1. The highest BCUT2D eigenvalue weighted by molar-refractivity contribution is 5.79. The molecule has 0 bridgehead atoms. The summed E-state index contributed by atoms with van der Waals surface area (Å²) in [5, 5.41) is 18.5. The normalized spacial score (nSPS) is 16.2. The number of nitrogens with one attached hydrogen (secondary N) is 1. The number of hydrogen-bond donors (Lipinski definition) is 2. The van der Waals surface area contributed by atoms with Crippen LogP contribution in [-0.4, -0.2) is 29.8 Å². The zero-order chi connectivity index (χ0) is 18.2. The highest BCUT2D eigenvalue weighted by Gasteiger charge is 2.25. The summed E-state index contributed by atoms with van der Waals surface area (Å²) in [5.74, 6) is 1.10. The molecule has 0 amide bonds. The summed E-state index contributed by atoms with van der Waals surface area (Å²) in [5.41, 5.74) is 3.78. The summed E-state index contributed by atoms with van der Waals surface area (Å²) in [6.07, 6.45) is 9.58. The standard InChI is InChI=1S/C21H21N5O/c27-19(14-4-1-2-5-14)17-10-16-8-9-26(21(16)22-12-17)18-7-3-6-15(11-18)20-23-13-24-25-20/h3,6-14,19,27H,1-2,4-5H2,(H,23,24,25)/t19-/m1/s1. The molecule has 27 heavy (non-hydrogen) atoms. The zero-order valence-corrected chi connectivity index (χ0v) is 14.9. The number of aromatic amines is 1. The third-order valence-electron chi connectivity index (χ3n) is 5.55. The van der Waals surface area contributed by atoms with E-state index in [1.165, 1.54) is 19.2 Å². The highest BCUT2D eigenvalue weighted by atomic mass is 16.3. The van der Waals surface area contributed by atoms with Gasteiger partial charge < -0.3 is 9.67 Å². The van der Waals surface area contributed by atoms with Gasteiger partial charge in [-0.2, -0.15) is 5.10 Å². The Hall–Kier alpha value is -2.99. The van der Waals surface area contributed by atoms with Gasteiger partial charge in [0.05, 0.1) is 6.10 Å². The van der Waals surface area contributed by atoms with E-state index in [2.05, 4.69) is 36.9 Å². The van der Waals surface area contributed by atoms with Crippen LogP contribution >= 0.6 is 0 Å². The van der Waals surface area contributed by atoms with Gasteiger partial charge in [-0.25, -0.2) is 9.97 Å². The van der Waals surface area contributed by atoms with Crippen molar-refractivity contribution in [3.63, 3.8) is 0 Å². The van der Waals surface area contributed by atoms with Crippen LogP contribution in [0.25, 0.3) is 28.1 Å². The third-order valence-corrected chi connectivity index (χ3v) is 5.55. The predicted molar refractivity (Wildman–Crippen MR) is 103 cm³/mol. The van der Waals surface area contributed by atoms with Crippen molar-refractivity contribution in [2.45, 2.75) is 31.8 Å². The summed E-state index contributed by atoms with van der Waals surface area (Å²) in [7, 11) is 0. The van der Waals surface area contributed by atoms with Crippen molar-refractivity contribution < 1.29 is 5.11 Å². The van der Waals surface area contributed by atoms with Crippen LogP contribution in [0.15, 0.2) is 55.1 Å². The maximum atomic E-state index is 10.7. The van der Waals surface area contributed by atoms with Crippen molar-refractivity contribution in [1.82, 2.24) is 24.7 Å². The molecule has 1 aromatic carbocycles. The first-order valence-electron chi connectivity index (χ1n) is 9.41. The number of benzene rings is 1. The van der Waals surface area contributed by atoms with Gasteiger partial charge in [-0.1, -0.05) is 25.0 Å². The number of rotatable bonds is 4. The van der Waals surface area contributed by atoms with Gasteiger partial charge in [0.25, 0.3) is 0 Å². The van der Waals surface area contributed by atoms with Crippen LogP contribution in [-0.2, 0) is 0 Å². The smallest absolute Gasteiger partial charge is 0.155 e. The first-order chi connectivity index (χ1) is 13.3. The van der Waals surface area contributed by atoms with Crippen molar-refractivity contribution in [3.8, 4) is 17.1 Å². The Bertz CT molecular complexity index is 1060. The number of H-pyrrole nitrogens is 1. The van der Waals surface area contributed by atoms with Crippen LogP contribution in [0.2, 0.25) is 0 Å². The minimum atomic E-state index is -0.414. The van der Waals surface area contributed by atoms with E-state index in [0.29, 0.717) is 5.92 Å². The molecule has 6 heteroatoms. The zero-order valence-electron chi connectivity index (χ0n) is 14.9. The topological polar surface area (TPSA) is 79.6 Å². The second-order valence-corrected chi connectivity index (χ2v) is 7.24. The van der Waals surface area contributed by atoms with Gasteiger partial charge in [0.1, 0.15) is 12.0 Å². The van der Waals surface area contributed by atoms with Gasteiger partial charge in [-0.15, -0.1) is 0 Å². The van der Waals surface area contributed by atoms with Gasteiger partial charge in [-0.05, 0) is 48.6 Å². The largest absolute Gasteiger partial charge is 0.388 e. The summed E-state index contributed by atoms with van der Waals surface area (Å²) in [6.45, 7) is 0. The Balaban J connectivity index is 1.51. The molecule has 1 aliphatic carbocycles. The lowest BCUT2D eigenvalue weighted by atomic mass is 9.95. The molecule has 1 saturated carbocycles. The fourth-order valence-corrected chi connectivity index (χ4v) is 4.10. The van der Waals surface area contributed by atoms with E-state index in [4.69, 9.17) is 0 Å². The lowest BCUT2D eigenvalue weighted by Crippen LogP contribution is -2.09. The monoisotopic (exact) mass is 359 g/mol. The van der Waals surface area contributed by atoms with Gasteiger partial charge in [0, 0.05) is 29.0 Å². The number of aliphatic hydroxyl groups excluding tert-OH is 1. The summed E-state index contributed by atoms with van der Waals surface area (Å²) in [6, 6.07) is 12.2. The Labute approximate surface area is 156 Å². The number of fused-ring (bicyclic) bond motifs is 1. The summed E-state index contributed by atoms with van der Waals surface area (Å²) >= 11 is 0. The van der Waals surface area contributed by atoms with Crippen LogP contribution in [0.3, 0.4) is 0 Å². The molecule has 0 unspecified atom stereocenters. The van der Waals surface area contributed by atoms with Gasteiger partial charge in [-0.3, -0.25) is 5.10 Å². The Morgan fingerprint density at radius 2 is 2.00 bits per heavy atom. The molecule has 4 aromatic rings. The SMILES string of the molecule is O[C@@H](c1cnc2c(ccn2-c2cccc(-c3ncn[nH]3)c2)c1)C1CCCC1. The molecular weight excluding hydrogens is 338 g/mol. The minimum Gasteiger partial charge on any atom is -0.388 e. The number of aromatic nitrogens is 5. The molecule has 3 heterocycles. The molecule has 0 radical (unpaired) electrons. The molecule has 1 atom stereocenters. The van der Waals surface area contributed by atoms with E-state index in [-0.39, 0.29) is 0 Å². The number of pyridine rings is 1. The van der Waals surface area contributed by atoms with Gasteiger partial charge in [0.15, 0.2) is 5.82 Å². The summed E-state index contributed by atoms with van der Waals surface area (Å²) in [4.78, 5) is 8.89. The minimum absolute atomic E-state index is 0.366. The molecule has 3 aromatic heterocycles. The van der Waals surface area contributed by atoms with Crippen molar-refractivity contribution in [2.75, 3.05) is 0 Å². The molecule has 0 spiro atoms. The van der Waals surface area contributed by atoms with E-state index in [1.807, 2.05) is 36.7 Å². The van der Waals surface area contributed by atoms with Crippen LogP contribution in [0.4, 0.5) is 0 Å². The highest BCUT2D eigenvalue weighted by Crippen LogP contribution is 2.36. The van der Waals surface area contributed by atoms with E-state index >= 15 is 0 Å². The molecule has 2 N–H and O–H groups in total. The predicted octanol–water partition coefficient (Wildman–Crippen LogP) is 4.03. The number of hydrogen-bond acceptors (Lipinski definition) is 4. The lowest BCUT2D eigenvalue weighted by molar-refractivity contribution is 0.111. The average Bonchev–Trinajstić information content (AvgIpc) is 3.48. The lowest BCUT2D eigenvalue weighted by Gasteiger charge is -2.17. The maximum Gasteiger partial charge on any atom is 0.155 e. The molecular formula is C21H21N5O. The molecule has 1 fully saturated rings.